The molecule has 19 heavy (non-hydrogen) atoms. The van der Waals surface area contributed by atoms with E-state index < -0.39 is 0 Å². The smallest absolute Gasteiger partial charge is 0.0954 e. The van der Waals surface area contributed by atoms with E-state index in [1.165, 1.54) is 18.4 Å². The maximum atomic E-state index is 6.13. The minimum atomic E-state index is 0.109. The van der Waals surface area contributed by atoms with Crippen molar-refractivity contribution in [1.29, 1.82) is 0 Å². The zero-order chi connectivity index (χ0) is 13.5. The quantitative estimate of drug-likeness (QED) is 0.743. The standard InChI is InChI=1S/C16H25NO2/c1-3-18-12-13(2)19-16(11-17-15-9-10-15)14-7-5-4-6-8-14/h4-8,13,15-17H,3,9-12H2,1-2H3. The molecule has 0 bridgehead atoms. The summed E-state index contributed by atoms with van der Waals surface area (Å²) in [7, 11) is 0. The number of hydrogen-bond donors (Lipinski definition) is 1. The van der Waals surface area contributed by atoms with Crippen LogP contribution in [0.5, 0.6) is 0 Å². The van der Waals surface area contributed by atoms with Gasteiger partial charge in [-0.2, -0.15) is 0 Å². The Bertz CT molecular complexity index is 351. The first kappa shape index (κ1) is 14.5. The number of benzene rings is 1. The van der Waals surface area contributed by atoms with Crippen LogP contribution >= 0.6 is 0 Å². The molecular weight excluding hydrogens is 238 g/mol. The van der Waals surface area contributed by atoms with Crippen molar-refractivity contribution in [3.05, 3.63) is 35.9 Å². The first-order valence-electron chi connectivity index (χ1n) is 7.31. The predicted octanol–water partition coefficient (Wildman–Crippen LogP) is 2.92. The highest BCUT2D eigenvalue weighted by Crippen LogP contribution is 2.23. The zero-order valence-electron chi connectivity index (χ0n) is 12.0. The Labute approximate surface area is 116 Å². The Morgan fingerprint density at radius 3 is 2.63 bits per heavy atom. The number of ether oxygens (including phenoxy) is 2. The van der Waals surface area contributed by atoms with Crippen molar-refractivity contribution in [2.24, 2.45) is 0 Å². The molecule has 1 aliphatic rings. The van der Waals surface area contributed by atoms with E-state index in [0.717, 1.165) is 13.2 Å². The first-order chi connectivity index (χ1) is 9.29. The van der Waals surface area contributed by atoms with Crippen molar-refractivity contribution in [2.45, 2.75) is 44.9 Å². The normalized spacial score (nSPS) is 18.2. The minimum absolute atomic E-state index is 0.109. The summed E-state index contributed by atoms with van der Waals surface area (Å²) in [5, 5.41) is 3.55. The van der Waals surface area contributed by atoms with Gasteiger partial charge in [0, 0.05) is 19.2 Å². The summed E-state index contributed by atoms with van der Waals surface area (Å²) in [6, 6.07) is 11.1. The lowest BCUT2D eigenvalue weighted by Gasteiger charge is -2.23. The molecule has 3 nitrogen and oxygen atoms in total. The van der Waals surface area contributed by atoms with E-state index in [2.05, 4.69) is 36.5 Å². The van der Waals surface area contributed by atoms with Crippen LogP contribution in [-0.2, 0) is 9.47 Å². The van der Waals surface area contributed by atoms with Crippen molar-refractivity contribution in [2.75, 3.05) is 19.8 Å². The average molecular weight is 263 g/mol. The third kappa shape index (κ3) is 5.31. The number of rotatable bonds is 9. The fourth-order valence-corrected chi connectivity index (χ4v) is 2.08. The largest absolute Gasteiger partial charge is 0.379 e. The fourth-order valence-electron chi connectivity index (χ4n) is 2.08. The van der Waals surface area contributed by atoms with Gasteiger partial charge in [-0.3, -0.25) is 0 Å². The Balaban J connectivity index is 1.88. The van der Waals surface area contributed by atoms with Crippen LogP contribution < -0.4 is 5.32 Å². The van der Waals surface area contributed by atoms with Crippen molar-refractivity contribution < 1.29 is 9.47 Å². The molecule has 1 aromatic rings. The molecule has 0 radical (unpaired) electrons. The SMILES string of the molecule is CCOCC(C)OC(CNC1CC1)c1ccccc1. The highest BCUT2D eigenvalue weighted by molar-refractivity contribution is 5.18. The number of nitrogens with one attached hydrogen (secondary N) is 1. The molecule has 1 aliphatic carbocycles. The molecule has 106 valence electrons. The summed E-state index contributed by atoms with van der Waals surface area (Å²) in [4.78, 5) is 0. The van der Waals surface area contributed by atoms with Gasteiger partial charge in [0.2, 0.25) is 0 Å². The molecule has 0 aliphatic heterocycles. The Kier molecular flexibility index (Phi) is 5.83. The molecule has 0 saturated heterocycles. The molecule has 0 spiro atoms. The van der Waals surface area contributed by atoms with Crippen LogP contribution in [0.1, 0.15) is 38.4 Å². The Hall–Kier alpha value is -0.900. The molecule has 0 heterocycles. The van der Waals surface area contributed by atoms with Crippen molar-refractivity contribution in [3.63, 3.8) is 0 Å². The molecule has 1 fully saturated rings. The van der Waals surface area contributed by atoms with Gasteiger partial charge in [0.25, 0.3) is 0 Å². The summed E-state index contributed by atoms with van der Waals surface area (Å²) in [6.45, 7) is 6.36. The lowest BCUT2D eigenvalue weighted by molar-refractivity contribution is -0.0471. The molecule has 1 saturated carbocycles. The van der Waals surface area contributed by atoms with Gasteiger partial charge in [-0.05, 0) is 32.3 Å². The third-order valence-electron chi connectivity index (χ3n) is 3.29. The van der Waals surface area contributed by atoms with Crippen LogP contribution in [0.2, 0.25) is 0 Å². The molecular formula is C16H25NO2. The highest BCUT2D eigenvalue weighted by Gasteiger charge is 2.23. The Morgan fingerprint density at radius 2 is 2.00 bits per heavy atom. The minimum Gasteiger partial charge on any atom is -0.379 e. The van der Waals surface area contributed by atoms with Gasteiger partial charge < -0.3 is 14.8 Å². The van der Waals surface area contributed by atoms with Gasteiger partial charge >= 0.3 is 0 Å². The van der Waals surface area contributed by atoms with Crippen molar-refractivity contribution >= 4 is 0 Å². The topological polar surface area (TPSA) is 30.5 Å². The van der Waals surface area contributed by atoms with E-state index in [4.69, 9.17) is 9.47 Å². The fraction of sp³-hybridized carbons (Fsp3) is 0.625. The van der Waals surface area contributed by atoms with E-state index in [0.29, 0.717) is 12.6 Å². The van der Waals surface area contributed by atoms with E-state index in [9.17, 15) is 0 Å². The van der Waals surface area contributed by atoms with Crippen LogP contribution in [0.4, 0.5) is 0 Å². The Morgan fingerprint density at radius 1 is 1.26 bits per heavy atom. The van der Waals surface area contributed by atoms with Crippen LogP contribution in [0.15, 0.2) is 30.3 Å². The molecule has 2 atom stereocenters. The second-order valence-electron chi connectivity index (χ2n) is 5.19. The monoisotopic (exact) mass is 263 g/mol. The summed E-state index contributed by atoms with van der Waals surface area (Å²) in [5.41, 5.74) is 1.24. The van der Waals surface area contributed by atoms with Crippen LogP contribution in [0.25, 0.3) is 0 Å². The van der Waals surface area contributed by atoms with Crippen LogP contribution in [0, 0.1) is 0 Å². The van der Waals surface area contributed by atoms with E-state index in [1.54, 1.807) is 0 Å². The zero-order valence-corrected chi connectivity index (χ0v) is 12.0. The summed E-state index contributed by atoms with van der Waals surface area (Å²) in [6.07, 6.45) is 2.83. The van der Waals surface area contributed by atoms with E-state index >= 15 is 0 Å². The van der Waals surface area contributed by atoms with Crippen molar-refractivity contribution in [3.8, 4) is 0 Å². The molecule has 1 N–H and O–H groups in total. The van der Waals surface area contributed by atoms with E-state index in [1.807, 2.05) is 13.0 Å². The average Bonchev–Trinajstić information content (AvgIpc) is 3.26. The second kappa shape index (κ2) is 7.63. The van der Waals surface area contributed by atoms with Gasteiger partial charge in [-0.1, -0.05) is 30.3 Å². The molecule has 1 aromatic carbocycles. The maximum Gasteiger partial charge on any atom is 0.0954 e. The summed E-state index contributed by atoms with van der Waals surface area (Å²) >= 11 is 0. The predicted molar refractivity (Wildman–Crippen MR) is 77.2 cm³/mol. The van der Waals surface area contributed by atoms with E-state index in [-0.39, 0.29) is 12.2 Å². The molecule has 0 aromatic heterocycles. The second-order valence-corrected chi connectivity index (χ2v) is 5.19. The van der Waals surface area contributed by atoms with Gasteiger partial charge in [0.15, 0.2) is 0 Å². The van der Waals surface area contributed by atoms with Gasteiger partial charge in [0.1, 0.15) is 0 Å². The maximum absolute atomic E-state index is 6.13. The molecule has 3 heteroatoms. The van der Waals surface area contributed by atoms with Gasteiger partial charge in [0.05, 0.1) is 18.8 Å². The lowest BCUT2D eigenvalue weighted by Crippen LogP contribution is -2.29. The molecule has 2 unspecified atom stereocenters. The molecule has 2 rings (SSSR count). The van der Waals surface area contributed by atoms with Gasteiger partial charge in [-0.25, -0.2) is 0 Å². The highest BCUT2D eigenvalue weighted by atomic mass is 16.5. The third-order valence-corrected chi connectivity index (χ3v) is 3.29. The molecule has 0 amide bonds. The van der Waals surface area contributed by atoms with Crippen LogP contribution in [-0.4, -0.2) is 31.9 Å². The summed E-state index contributed by atoms with van der Waals surface area (Å²) < 4.78 is 11.6. The lowest BCUT2D eigenvalue weighted by atomic mass is 10.1. The van der Waals surface area contributed by atoms with Crippen LogP contribution in [0.3, 0.4) is 0 Å². The number of hydrogen-bond acceptors (Lipinski definition) is 3. The summed E-state index contributed by atoms with van der Waals surface area (Å²) in [5.74, 6) is 0. The van der Waals surface area contributed by atoms with Crippen molar-refractivity contribution in [1.82, 2.24) is 5.32 Å². The first-order valence-corrected chi connectivity index (χ1v) is 7.31. The van der Waals surface area contributed by atoms with Gasteiger partial charge in [-0.15, -0.1) is 0 Å².